The molecule has 3 rings (SSSR count). The van der Waals surface area contributed by atoms with Crippen molar-refractivity contribution in [3.8, 4) is 17.6 Å². The molecule has 1 aliphatic heterocycles. The third kappa shape index (κ3) is 4.55. The lowest BCUT2D eigenvalue weighted by Gasteiger charge is -2.29. The second-order valence-electron chi connectivity index (χ2n) is 6.04. The van der Waals surface area contributed by atoms with Crippen LogP contribution in [0.5, 0.6) is 11.5 Å². The van der Waals surface area contributed by atoms with Gasteiger partial charge in [-0.2, -0.15) is 5.26 Å². The van der Waals surface area contributed by atoms with Crippen LogP contribution in [0.1, 0.15) is 15.9 Å². The smallest absolute Gasteiger partial charge is 0.338 e. The van der Waals surface area contributed by atoms with Crippen LogP contribution in [0.4, 0.5) is 0 Å². The van der Waals surface area contributed by atoms with E-state index in [9.17, 15) is 9.59 Å². The molecule has 7 nitrogen and oxygen atoms in total. The van der Waals surface area contributed by atoms with Crippen molar-refractivity contribution in [1.82, 2.24) is 4.90 Å². The number of hydrogen-bond acceptors (Lipinski definition) is 6. The van der Waals surface area contributed by atoms with E-state index in [4.69, 9.17) is 19.5 Å². The van der Waals surface area contributed by atoms with Gasteiger partial charge in [0.1, 0.15) is 6.61 Å². The topological polar surface area (TPSA) is 88.9 Å². The van der Waals surface area contributed by atoms with Gasteiger partial charge in [-0.3, -0.25) is 4.79 Å². The van der Waals surface area contributed by atoms with Crippen molar-refractivity contribution in [2.24, 2.45) is 0 Å². The van der Waals surface area contributed by atoms with Gasteiger partial charge in [0.05, 0.1) is 23.7 Å². The Morgan fingerprint density at radius 1 is 1.19 bits per heavy atom. The Bertz CT molecular complexity index is 873. The summed E-state index contributed by atoms with van der Waals surface area (Å²) in [4.78, 5) is 25.6. The van der Waals surface area contributed by atoms with Gasteiger partial charge in [0.15, 0.2) is 24.2 Å². The zero-order valence-corrected chi connectivity index (χ0v) is 14.8. The normalized spacial score (nSPS) is 14.7. The minimum Gasteiger partial charge on any atom is -0.486 e. The summed E-state index contributed by atoms with van der Waals surface area (Å²) >= 11 is 0. The van der Waals surface area contributed by atoms with Crippen molar-refractivity contribution in [1.29, 1.82) is 5.26 Å². The molecule has 2 aromatic rings. The fraction of sp³-hybridized carbons (Fsp3) is 0.250. The number of nitrogens with zero attached hydrogens (tertiary/aromatic N) is 2. The molecule has 27 heavy (non-hydrogen) atoms. The summed E-state index contributed by atoms with van der Waals surface area (Å²) in [5.74, 6) is 0.354. The Morgan fingerprint density at radius 2 is 1.89 bits per heavy atom. The minimum atomic E-state index is -0.618. The molecule has 2 aromatic carbocycles. The molecule has 0 N–H and O–H groups in total. The highest BCUT2D eigenvalue weighted by atomic mass is 16.6. The Labute approximate surface area is 156 Å². The van der Waals surface area contributed by atoms with Crippen LogP contribution >= 0.6 is 0 Å². The number of esters is 1. The van der Waals surface area contributed by atoms with Crippen LogP contribution < -0.4 is 9.47 Å². The van der Waals surface area contributed by atoms with Crippen LogP contribution in [0.2, 0.25) is 0 Å². The zero-order valence-electron chi connectivity index (χ0n) is 14.8. The Balaban J connectivity index is 1.48. The Morgan fingerprint density at radius 3 is 2.59 bits per heavy atom. The highest BCUT2D eigenvalue weighted by Crippen LogP contribution is 2.30. The first-order valence-corrected chi connectivity index (χ1v) is 8.36. The molecule has 0 spiro atoms. The van der Waals surface area contributed by atoms with Gasteiger partial charge in [0.2, 0.25) is 0 Å². The van der Waals surface area contributed by atoms with Crippen LogP contribution in [0, 0.1) is 11.3 Å². The average molecular weight is 366 g/mol. The molecule has 7 heteroatoms. The van der Waals surface area contributed by atoms with Crippen LogP contribution in [0.25, 0.3) is 0 Å². The van der Waals surface area contributed by atoms with Crippen molar-refractivity contribution >= 4 is 11.9 Å². The third-order valence-corrected chi connectivity index (χ3v) is 4.05. The van der Waals surface area contributed by atoms with E-state index >= 15 is 0 Å². The Kier molecular flexibility index (Phi) is 5.57. The standard InChI is InChI=1S/C20H18N2O5/c1-22(11-16-12-25-17-4-2-3-5-18(17)27-16)19(23)13-26-20(24)15-8-6-14(10-21)7-9-15/h2-9,16H,11-13H2,1H3/t16-/m1/s1. The van der Waals surface area contributed by atoms with Crippen molar-refractivity contribution < 1.29 is 23.8 Å². The first-order valence-electron chi connectivity index (χ1n) is 8.36. The molecule has 0 fully saturated rings. The monoisotopic (exact) mass is 366 g/mol. The summed E-state index contributed by atoms with van der Waals surface area (Å²) in [5.41, 5.74) is 0.726. The SMILES string of the molecule is CN(C[C@@H]1COc2ccccc2O1)C(=O)COC(=O)c1ccc(C#N)cc1. The highest BCUT2D eigenvalue weighted by Gasteiger charge is 2.24. The van der Waals surface area contributed by atoms with E-state index < -0.39 is 5.97 Å². The van der Waals surface area contributed by atoms with Gasteiger partial charge >= 0.3 is 5.97 Å². The summed E-state index contributed by atoms with van der Waals surface area (Å²) in [5, 5.41) is 8.76. The predicted octanol–water partition coefficient (Wildman–Crippen LogP) is 2.01. The van der Waals surface area contributed by atoms with Gasteiger partial charge in [-0.1, -0.05) is 12.1 Å². The second-order valence-corrected chi connectivity index (χ2v) is 6.04. The predicted molar refractivity (Wildman–Crippen MR) is 95.4 cm³/mol. The van der Waals surface area contributed by atoms with E-state index in [1.807, 2.05) is 30.3 Å². The van der Waals surface area contributed by atoms with Crippen molar-refractivity contribution in [2.75, 3.05) is 26.8 Å². The van der Waals surface area contributed by atoms with E-state index in [2.05, 4.69) is 0 Å². The molecule has 1 aliphatic rings. The first-order chi connectivity index (χ1) is 13.1. The number of rotatable bonds is 5. The molecule has 138 valence electrons. The number of amides is 1. The van der Waals surface area contributed by atoms with E-state index in [-0.39, 0.29) is 24.2 Å². The summed E-state index contributed by atoms with van der Waals surface area (Å²) in [7, 11) is 1.61. The highest BCUT2D eigenvalue weighted by molar-refractivity contribution is 5.91. The van der Waals surface area contributed by atoms with Crippen LogP contribution in [-0.4, -0.2) is 49.7 Å². The number of hydrogen-bond donors (Lipinski definition) is 0. The molecule has 0 saturated carbocycles. The molecule has 0 unspecified atom stereocenters. The summed E-state index contributed by atoms with van der Waals surface area (Å²) < 4.78 is 16.5. The maximum absolute atomic E-state index is 12.2. The lowest BCUT2D eigenvalue weighted by Crippen LogP contribution is -2.43. The number of carbonyl (C=O) groups is 2. The molecule has 0 bridgehead atoms. The number of benzene rings is 2. The minimum absolute atomic E-state index is 0.282. The van der Waals surface area contributed by atoms with E-state index in [1.54, 1.807) is 7.05 Å². The number of carbonyl (C=O) groups excluding carboxylic acids is 2. The molecular weight excluding hydrogens is 348 g/mol. The van der Waals surface area contributed by atoms with Crippen LogP contribution in [-0.2, 0) is 9.53 Å². The third-order valence-electron chi connectivity index (χ3n) is 4.05. The molecule has 1 heterocycles. The van der Waals surface area contributed by atoms with E-state index in [0.29, 0.717) is 30.2 Å². The maximum atomic E-state index is 12.2. The first kappa shape index (κ1) is 18.3. The molecule has 0 aromatic heterocycles. The second kappa shape index (κ2) is 8.23. The van der Waals surface area contributed by atoms with Gasteiger partial charge in [-0.05, 0) is 36.4 Å². The van der Waals surface area contributed by atoms with Crippen LogP contribution in [0.15, 0.2) is 48.5 Å². The number of ether oxygens (including phenoxy) is 3. The molecule has 1 atom stereocenters. The zero-order chi connectivity index (χ0) is 19.2. The maximum Gasteiger partial charge on any atom is 0.338 e. The summed E-state index contributed by atoms with van der Waals surface area (Å²) in [6, 6.07) is 15.3. The van der Waals surface area contributed by atoms with E-state index in [1.165, 1.54) is 29.2 Å². The van der Waals surface area contributed by atoms with Crippen molar-refractivity contribution in [3.63, 3.8) is 0 Å². The lowest BCUT2D eigenvalue weighted by atomic mass is 10.1. The van der Waals surface area contributed by atoms with Gasteiger partial charge in [-0.25, -0.2) is 4.79 Å². The summed E-state index contributed by atoms with van der Waals surface area (Å²) in [6.07, 6.45) is -0.303. The number of nitriles is 1. The molecule has 0 radical (unpaired) electrons. The lowest BCUT2D eigenvalue weighted by molar-refractivity contribution is -0.134. The van der Waals surface area contributed by atoms with Crippen LogP contribution in [0.3, 0.4) is 0 Å². The van der Waals surface area contributed by atoms with Gasteiger partial charge in [0, 0.05) is 7.05 Å². The fourth-order valence-electron chi connectivity index (χ4n) is 2.56. The number of para-hydroxylation sites is 2. The summed E-state index contributed by atoms with van der Waals surface area (Å²) in [6.45, 7) is 0.265. The van der Waals surface area contributed by atoms with Gasteiger partial charge < -0.3 is 19.1 Å². The molecule has 0 aliphatic carbocycles. The molecular formula is C20H18N2O5. The number of fused-ring (bicyclic) bond motifs is 1. The largest absolute Gasteiger partial charge is 0.486 e. The van der Waals surface area contributed by atoms with Crippen molar-refractivity contribution in [3.05, 3.63) is 59.7 Å². The molecule has 0 saturated heterocycles. The van der Waals surface area contributed by atoms with Gasteiger partial charge in [0.25, 0.3) is 5.91 Å². The van der Waals surface area contributed by atoms with Crippen molar-refractivity contribution in [2.45, 2.75) is 6.10 Å². The average Bonchev–Trinajstić information content (AvgIpc) is 2.71. The molecule has 1 amide bonds. The van der Waals surface area contributed by atoms with Gasteiger partial charge in [-0.15, -0.1) is 0 Å². The fourth-order valence-corrected chi connectivity index (χ4v) is 2.56. The Hall–Kier alpha value is -3.53. The number of likely N-dealkylation sites (N-methyl/N-ethyl adjacent to an activating group) is 1. The quantitative estimate of drug-likeness (QED) is 0.752. The van der Waals surface area contributed by atoms with E-state index in [0.717, 1.165) is 0 Å².